The van der Waals surface area contributed by atoms with Crippen molar-refractivity contribution in [2.24, 2.45) is 0 Å². The topological polar surface area (TPSA) is 38.7 Å². The number of rotatable bonds is 2. The van der Waals surface area contributed by atoms with Gasteiger partial charge in [-0.25, -0.2) is 9.97 Å². The lowest BCUT2D eigenvalue weighted by Crippen LogP contribution is -1.98. The third-order valence-electron chi connectivity index (χ3n) is 3.10. The Kier molecular flexibility index (Phi) is 3.21. The van der Waals surface area contributed by atoms with E-state index in [2.05, 4.69) is 28.8 Å². The monoisotopic (exact) mass is 289 g/mol. The minimum atomic E-state index is 0.540. The first-order chi connectivity index (χ1) is 9.15. The Hall–Kier alpha value is -1.52. The lowest BCUT2D eigenvalue weighted by molar-refractivity contribution is 0.956. The number of hydrogen-bond donors (Lipinski definition) is 0. The predicted molar refractivity (Wildman–Crippen MR) is 78.9 cm³/mol. The number of pyridine rings is 1. The number of halogens is 1. The van der Waals surface area contributed by atoms with E-state index in [0.717, 1.165) is 21.7 Å². The van der Waals surface area contributed by atoms with E-state index in [9.17, 15) is 0 Å². The van der Waals surface area contributed by atoms with Crippen LogP contribution < -0.4 is 0 Å². The quantitative estimate of drug-likeness (QED) is 0.671. The zero-order valence-electron chi connectivity index (χ0n) is 10.6. The molecular formula is C14H12ClN3S. The van der Waals surface area contributed by atoms with Crippen LogP contribution in [0.5, 0.6) is 0 Å². The standard InChI is InChI=1S/C14H12ClN3S/c1-8-9(2)19-14-12(8)13(15)17-11(18-14)7-10-5-3-4-6-16-10/h3-6H,7H2,1-2H3. The molecule has 0 aromatic carbocycles. The first-order valence-corrected chi connectivity index (χ1v) is 7.16. The van der Waals surface area contributed by atoms with Crippen molar-refractivity contribution in [1.82, 2.24) is 15.0 Å². The van der Waals surface area contributed by atoms with Crippen LogP contribution in [0.2, 0.25) is 5.15 Å². The van der Waals surface area contributed by atoms with Crippen molar-refractivity contribution in [3.8, 4) is 0 Å². The molecule has 5 heteroatoms. The third-order valence-corrected chi connectivity index (χ3v) is 4.47. The molecule has 0 saturated carbocycles. The largest absolute Gasteiger partial charge is 0.261 e. The molecule has 0 aliphatic heterocycles. The first kappa shape index (κ1) is 12.5. The van der Waals surface area contributed by atoms with Gasteiger partial charge in [0.05, 0.1) is 11.8 Å². The van der Waals surface area contributed by atoms with Crippen LogP contribution in [0, 0.1) is 13.8 Å². The van der Waals surface area contributed by atoms with Gasteiger partial charge in [-0.15, -0.1) is 11.3 Å². The Morgan fingerprint density at radius 3 is 2.79 bits per heavy atom. The molecule has 96 valence electrons. The molecule has 3 rings (SSSR count). The maximum absolute atomic E-state index is 6.28. The van der Waals surface area contributed by atoms with Gasteiger partial charge in [0.15, 0.2) is 0 Å². The van der Waals surface area contributed by atoms with E-state index >= 15 is 0 Å². The van der Waals surface area contributed by atoms with Gasteiger partial charge in [-0.3, -0.25) is 4.98 Å². The van der Waals surface area contributed by atoms with Crippen LogP contribution in [0.25, 0.3) is 10.2 Å². The average Bonchev–Trinajstić information content (AvgIpc) is 2.66. The van der Waals surface area contributed by atoms with Crippen LogP contribution >= 0.6 is 22.9 Å². The van der Waals surface area contributed by atoms with Crippen molar-refractivity contribution in [1.29, 1.82) is 0 Å². The molecule has 0 aliphatic rings. The van der Waals surface area contributed by atoms with Gasteiger partial charge < -0.3 is 0 Å². The first-order valence-electron chi connectivity index (χ1n) is 5.97. The molecule has 3 aromatic heterocycles. The van der Waals surface area contributed by atoms with E-state index in [1.54, 1.807) is 17.5 Å². The van der Waals surface area contributed by atoms with Crippen molar-refractivity contribution in [3.05, 3.63) is 51.5 Å². The normalized spacial score (nSPS) is 11.1. The molecule has 3 heterocycles. The molecule has 0 fully saturated rings. The summed E-state index contributed by atoms with van der Waals surface area (Å²) < 4.78 is 0. The molecule has 0 unspecified atom stereocenters. The molecule has 0 saturated heterocycles. The summed E-state index contributed by atoms with van der Waals surface area (Å²) in [6.45, 7) is 4.14. The Morgan fingerprint density at radius 2 is 2.05 bits per heavy atom. The number of thiophene rings is 1. The zero-order valence-corrected chi connectivity index (χ0v) is 12.2. The molecule has 3 nitrogen and oxygen atoms in total. The minimum Gasteiger partial charge on any atom is -0.261 e. The van der Waals surface area contributed by atoms with Gasteiger partial charge in [-0.05, 0) is 31.5 Å². The van der Waals surface area contributed by atoms with Gasteiger partial charge in [-0.1, -0.05) is 17.7 Å². The van der Waals surface area contributed by atoms with Gasteiger partial charge in [0, 0.05) is 16.8 Å². The zero-order chi connectivity index (χ0) is 13.4. The smallest absolute Gasteiger partial charge is 0.141 e. The Labute approximate surface area is 120 Å². The molecule has 0 atom stereocenters. The molecule has 0 spiro atoms. The fourth-order valence-electron chi connectivity index (χ4n) is 1.99. The predicted octanol–water partition coefficient (Wildman–Crippen LogP) is 3.95. The van der Waals surface area contributed by atoms with E-state index < -0.39 is 0 Å². The van der Waals surface area contributed by atoms with Gasteiger partial charge in [-0.2, -0.15) is 0 Å². The molecule has 3 aromatic rings. The van der Waals surface area contributed by atoms with E-state index in [4.69, 9.17) is 11.6 Å². The molecule has 0 N–H and O–H groups in total. The summed E-state index contributed by atoms with van der Waals surface area (Å²) in [5.41, 5.74) is 2.12. The summed E-state index contributed by atoms with van der Waals surface area (Å²) in [6.07, 6.45) is 2.38. The van der Waals surface area contributed by atoms with Gasteiger partial charge in [0.25, 0.3) is 0 Å². The maximum Gasteiger partial charge on any atom is 0.141 e. The summed E-state index contributed by atoms with van der Waals surface area (Å²) in [7, 11) is 0. The number of hydrogen-bond acceptors (Lipinski definition) is 4. The van der Waals surface area contributed by atoms with Crippen LogP contribution in [0.4, 0.5) is 0 Å². The lowest BCUT2D eigenvalue weighted by Gasteiger charge is -2.02. The van der Waals surface area contributed by atoms with Gasteiger partial charge >= 0.3 is 0 Å². The number of fused-ring (bicyclic) bond motifs is 1. The average molecular weight is 290 g/mol. The third kappa shape index (κ3) is 2.33. The lowest BCUT2D eigenvalue weighted by atomic mass is 10.2. The van der Waals surface area contributed by atoms with Gasteiger partial charge in [0.1, 0.15) is 15.8 Å². The maximum atomic E-state index is 6.28. The summed E-state index contributed by atoms with van der Waals surface area (Å²) in [5.74, 6) is 0.720. The Bertz CT molecular complexity index is 737. The number of aromatic nitrogens is 3. The van der Waals surface area contributed by atoms with Gasteiger partial charge in [0.2, 0.25) is 0 Å². The van der Waals surface area contributed by atoms with E-state index in [1.807, 2.05) is 18.2 Å². The van der Waals surface area contributed by atoms with Crippen LogP contribution in [0.3, 0.4) is 0 Å². The summed E-state index contributed by atoms with van der Waals surface area (Å²) in [6, 6.07) is 5.82. The summed E-state index contributed by atoms with van der Waals surface area (Å²) in [4.78, 5) is 15.5. The number of nitrogens with zero attached hydrogens (tertiary/aromatic N) is 3. The second kappa shape index (κ2) is 4.87. The molecule has 19 heavy (non-hydrogen) atoms. The van der Waals surface area contributed by atoms with Crippen molar-refractivity contribution in [2.75, 3.05) is 0 Å². The minimum absolute atomic E-state index is 0.540. The van der Waals surface area contributed by atoms with Crippen LogP contribution in [0.15, 0.2) is 24.4 Å². The highest BCUT2D eigenvalue weighted by molar-refractivity contribution is 7.18. The highest BCUT2D eigenvalue weighted by atomic mass is 35.5. The van der Waals surface area contributed by atoms with Crippen molar-refractivity contribution in [3.63, 3.8) is 0 Å². The molecule has 0 aliphatic carbocycles. The van der Waals surface area contributed by atoms with Crippen molar-refractivity contribution in [2.45, 2.75) is 20.3 Å². The fourth-order valence-corrected chi connectivity index (χ4v) is 3.42. The second-order valence-corrected chi connectivity index (χ2v) is 5.95. The second-order valence-electron chi connectivity index (χ2n) is 4.39. The van der Waals surface area contributed by atoms with E-state index in [0.29, 0.717) is 11.6 Å². The Morgan fingerprint density at radius 1 is 1.21 bits per heavy atom. The summed E-state index contributed by atoms with van der Waals surface area (Å²) in [5, 5.41) is 1.52. The van der Waals surface area contributed by atoms with Crippen LogP contribution in [-0.4, -0.2) is 15.0 Å². The van der Waals surface area contributed by atoms with E-state index in [-0.39, 0.29) is 0 Å². The fraction of sp³-hybridized carbons (Fsp3) is 0.214. The SMILES string of the molecule is Cc1sc2nc(Cc3ccccn3)nc(Cl)c2c1C. The highest BCUT2D eigenvalue weighted by Gasteiger charge is 2.13. The molecule has 0 bridgehead atoms. The van der Waals surface area contributed by atoms with Crippen LogP contribution in [0.1, 0.15) is 22.0 Å². The molecule has 0 radical (unpaired) electrons. The van der Waals surface area contributed by atoms with Crippen molar-refractivity contribution >= 4 is 33.2 Å². The highest BCUT2D eigenvalue weighted by Crippen LogP contribution is 2.33. The van der Waals surface area contributed by atoms with Crippen LogP contribution in [-0.2, 0) is 6.42 Å². The summed E-state index contributed by atoms with van der Waals surface area (Å²) >= 11 is 7.94. The molecule has 0 amide bonds. The van der Waals surface area contributed by atoms with Crippen molar-refractivity contribution < 1.29 is 0 Å². The molecular weight excluding hydrogens is 278 g/mol. The van der Waals surface area contributed by atoms with E-state index in [1.165, 1.54) is 10.4 Å². The number of aryl methyl sites for hydroxylation is 2. The Balaban J connectivity index is 2.06.